The summed E-state index contributed by atoms with van der Waals surface area (Å²) >= 11 is 0. The molecule has 0 saturated carbocycles. The molecule has 0 spiro atoms. The predicted octanol–water partition coefficient (Wildman–Crippen LogP) is 13.4. The van der Waals surface area contributed by atoms with Crippen molar-refractivity contribution < 1.29 is 0 Å². The zero-order chi connectivity index (χ0) is 29.8. The Kier molecular flexibility index (Phi) is 23.4. The zero-order valence-corrected chi connectivity index (χ0v) is 28.2. The van der Waals surface area contributed by atoms with Crippen LogP contribution in [0, 0.1) is 0 Å². The third-order valence-corrected chi connectivity index (χ3v) is 9.05. The molecule has 0 unspecified atom stereocenters. The van der Waals surface area contributed by atoms with E-state index in [1.54, 1.807) is 0 Å². The van der Waals surface area contributed by atoms with Crippen molar-refractivity contribution in [3.05, 3.63) is 47.8 Å². The highest BCUT2D eigenvalue weighted by atomic mass is 14.8. The Morgan fingerprint density at radius 1 is 0.357 bits per heavy atom. The highest BCUT2D eigenvalue weighted by molar-refractivity contribution is 5.55. The van der Waals surface area contributed by atoms with E-state index in [2.05, 4.69) is 48.1 Å². The first-order valence-electron chi connectivity index (χ1n) is 18.7. The monoisotopic (exact) mass is 577 g/mol. The number of hydrogen-bond donors (Lipinski definition) is 0. The fourth-order valence-corrected chi connectivity index (χ4v) is 6.23. The molecule has 0 aliphatic carbocycles. The van der Waals surface area contributed by atoms with Gasteiger partial charge >= 0.3 is 0 Å². The molecule has 0 bridgehead atoms. The molecule has 42 heavy (non-hydrogen) atoms. The molecule has 0 atom stereocenters. The van der Waals surface area contributed by atoms with E-state index in [9.17, 15) is 0 Å². The molecule has 238 valence electrons. The number of hydrogen-bond acceptors (Lipinski definition) is 2. The van der Waals surface area contributed by atoms with Crippen molar-refractivity contribution in [1.82, 2.24) is 9.97 Å². The van der Waals surface area contributed by atoms with Gasteiger partial charge in [-0.15, -0.1) is 0 Å². The number of aromatic nitrogens is 2. The van der Waals surface area contributed by atoms with Crippen molar-refractivity contribution >= 4 is 0 Å². The van der Waals surface area contributed by atoms with Gasteiger partial charge in [0.05, 0.1) is 11.4 Å². The van der Waals surface area contributed by atoms with E-state index in [1.807, 2.05) is 12.4 Å². The summed E-state index contributed by atoms with van der Waals surface area (Å²) in [6.07, 6.45) is 42.9. The van der Waals surface area contributed by atoms with Gasteiger partial charge in [-0.05, 0) is 61.1 Å². The van der Waals surface area contributed by atoms with Crippen molar-refractivity contribution in [3.8, 4) is 11.4 Å². The second kappa shape index (κ2) is 26.9. The van der Waals surface area contributed by atoms with Crippen molar-refractivity contribution in [2.45, 2.75) is 194 Å². The third-order valence-electron chi connectivity index (χ3n) is 9.05. The van der Waals surface area contributed by atoms with Gasteiger partial charge in [0.15, 0.2) is 0 Å². The fraction of sp³-hybridized carbons (Fsp3) is 0.750. The third kappa shape index (κ3) is 19.5. The molecular formula is C40H68N2. The van der Waals surface area contributed by atoms with Crippen LogP contribution in [-0.2, 0) is 12.8 Å². The van der Waals surface area contributed by atoms with E-state index in [1.165, 1.54) is 178 Å². The van der Waals surface area contributed by atoms with Gasteiger partial charge in [0.2, 0.25) is 0 Å². The molecule has 2 heteroatoms. The smallest absolute Gasteiger partial charge is 0.0888 e. The lowest BCUT2D eigenvalue weighted by atomic mass is 10.0. The summed E-state index contributed by atoms with van der Waals surface area (Å²) in [4.78, 5) is 9.34. The van der Waals surface area contributed by atoms with Gasteiger partial charge in [0.1, 0.15) is 0 Å². The second-order valence-corrected chi connectivity index (χ2v) is 13.1. The molecule has 0 aliphatic heterocycles. The van der Waals surface area contributed by atoms with E-state index >= 15 is 0 Å². The fourth-order valence-electron chi connectivity index (χ4n) is 6.23. The highest BCUT2D eigenvalue weighted by Gasteiger charge is 2.05. The van der Waals surface area contributed by atoms with Crippen LogP contribution in [0.15, 0.2) is 36.7 Å². The lowest BCUT2D eigenvalue weighted by Gasteiger charge is -2.07. The van der Waals surface area contributed by atoms with Crippen LogP contribution in [-0.4, -0.2) is 9.97 Å². The standard InChI is InChI=1S/C40H68N2/c1-3-5-7-9-11-13-15-17-19-21-23-25-27-29-37-31-33-41-39(35-37)40-36-38(32-34-42-40)30-28-26-24-22-20-18-16-14-12-10-8-6-4-2/h31-36H,3-30H2,1-2H3. The van der Waals surface area contributed by atoms with Crippen molar-refractivity contribution in [1.29, 1.82) is 0 Å². The number of aryl methyl sites for hydroxylation is 2. The van der Waals surface area contributed by atoms with E-state index in [-0.39, 0.29) is 0 Å². The maximum atomic E-state index is 4.67. The molecular weight excluding hydrogens is 508 g/mol. The number of rotatable bonds is 29. The average molecular weight is 577 g/mol. The SMILES string of the molecule is CCCCCCCCCCCCCCCc1ccnc(-c2cc(CCCCCCCCCCCCCCC)ccn2)c1. The largest absolute Gasteiger partial charge is 0.255 e. The topological polar surface area (TPSA) is 25.8 Å². The van der Waals surface area contributed by atoms with Gasteiger partial charge in [0, 0.05) is 12.4 Å². The molecule has 2 heterocycles. The van der Waals surface area contributed by atoms with Crippen LogP contribution in [0.5, 0.6) is 0 Å². The van der Waals surface area contributed by atoms with Crippen LogP contribution in [0.2, 0.25) is 0 Å². The molecule has 0 fully saturated rings. The molecule has 0 aromatic carbocycles. The Morgan fingerprint density at radius 2 is 0.619 bits per heavy atom. The van der Waals surface area contributed by atoms with Crippen LogP contribution in [0.4, 0.5) is 0 Å². The Bertz CT molecular complexity index is 789. The lowest BCUT2D eigenvalue weighted by Crippen LogP contribution is -1.94. The molecule has 0 N–H and O–H groups in total. The number of nitrogens with zero attached hydrogens (tertiary/aromatic N) is 2. The van der Waals surface area contributed by atoms with Crippen LogP contribution < -0.4 is 0 Å². The van der Waals surface area contributed by atoms with Crippen LogP contribution in [0.25, 0.3) is 11.4 Å². The molecule has 2 nitrogen and oxygen atoms in total. The first-order valence-corrected chi connectivity index (χ1v) is 18.7. The minimum atomic E-state index is 1.04. The van der Waals surface area contributed by atoms with E-state index in [0.29, 0.717) is 0 Å². The minimum Gasteiger partial charge on any atom is -0.255 e. The van der Waals surface area contributed by atoms with Gasteiger partial charge in [0.25, 0.3) is 0 Å². The highest BCUT2D eigenvalue weighted by Crippen LogP contribution is 2.20. The predicted molar refractivity (Wildman–Crippen MR) is 186 cm³/mol. The van der Waals surface area contributed by atoms with E-state index < -0.39 is 0 Å². The molecule has 0 amide bonds. The van der Waals surface area contributed by atoms with Gasteiger partial charge < -0.3 is 0 Å². The summed E-state index contributed by atoms with van der Waals surface area (Å²) in [5, 5.41) is 0. The quantitative estimate of drug-likeness (QED) is 0.0900. The van der Waals surface area contributed by atoms with E-state index in [4.69, 9.17) is 0 Å². The van der Waals surface area contributed by atoms with Gasteiger partial charge in [-0.2, -0.15) is 0 Å². The maximum absolute atomic E-state index is 4.67. The average Bonchev–Trinajstić information content (AvgIpc) is 3.02. The summed E-state index contributed by atoms with van der Waals surface area (Å²) in [7, 11) is 0. The first-order chi connectivity index (χ1) is 20.8. The number of unbranched alkanes of at least 4 members (excludes halogenated alkanes) is 24. The Hall–Kier alpha value is -1.70. The van der Waals surface area contributed by atoms with Crippen LogP contribution >= 0.6 is 0 Å². The molecule has 0 saturated heterocycles. The maximum Gasteiger partial charge on any atom is 0.0888 e. The Labute approximate surface area is 262 Å². The van der Waals surface area contributed by atoms with Crippen molar-refractivity contribution in [2.75, 3.05) is 0 Å². The lowest BCUT2D eigenvalue weighted by molar-refractivity contribution is 0.539. The summed E-state index contributed by atoms with van der Waals surface area (Å²) in [5.74, 6) is 0. The number of pyridine rings is 2. The molecule has 2 rings (SSSR count). The Balaban J connectivity index is 1.52. The van der Waals surface area contributed by atoms with Crippen LogP contribution in [0.3, 0.4) is 0 Å². The normalized spacial score (nSPS) is 11.4. The summed E-state index contributed by atoms with van der Waals surface area (Å²) in [6.45, 7) is 4.60. The van der Waals surface area contributed by atoms with Gasteiger partial charge in [-0.3, -0.25) is 9.97 Å². The summed E-state index contributed by atoms with van der Waals surface area (Å²) in [5.41, 5.74) is 4.89. The minimum absolute atomic E-state index is 1.04. The molecule has 0 aliphatic rings. The molecule has 2 aromatic rings. The van der Waals surface area contributed by atoms with Crippen molar-refractivity contribution in [2.24, 2.45) is 0 Å². The summed E-state index contributed by atoms with van der Waals surface area (Å²) in [6, 6.07) is 8.94. The van der Waals surface area contributed by atoms with Gasteiger partial charge in [-0.1, -0.05) is 168 Å². The zero-order valence-electron chi connectivity index (χ0n) is 28.2. The first kappa shape index (κ1) is 36.5. The second-order valence-electron chi connectivity index (χ2n) is 13.1. The summed E-state index contributed by atoms with van der Waals surface area (Å²) < 4.78 is 0. The molecule has 2 aromatic heterocycles. The van der Waals surface area contributed by atoms with Gasteiger partial charge in [-0.25, -0.2) is 0 Å². The molecule has 0 radical (unpaired) electrons. The van der Waals surface area contributed by atoms with Crippen molar-refractivity contribution in [3.63, 3.8) is 0 Å². The van der Waals surface area contributed by atoms with E-state index in [0.717, 1.165) is 24.2 Å². The van der Waals surface area contributed by atoms with Crippen LogP contribution in [0.1, 0.15) is 192 Å². The Morgan fingerprint density at radius 3 is 0.905 bits per heavy atom.